The Labute approximate surface area is 195 Å². The van der Waals surface area contributed by atoms with Crippen LogP contribution in [0.5, 0.6) is 11.6 Å². The molecule has 10 nitrogen and oxygen atoms in total. The van der Waals surface area contributed by atoms with Crippen LogP contribution in [-0.2, 0) is 11.3 Å². The lowest BCUT2D eigenvalue weighted by atomic mass is 10.2. The molecule has 0 aliphatic carbocycles. The summed E-state index contributed by atoms with van der Waals surface area (Å²) in [6.45, 7) is 0.560. The normalized spacial score (nSPS) is 15.4. The molecule has 172 valence electrons. The number of imidazole rings is 1. The number of nitrogens with zero attached hydrogens (tertiary/aromatic N) is 5. The molecule has 0 saturated carbocycles. The molecule has 1 atom stereocenters. The molecule has 0 radical (unpaired) electrons. The van der Waals surface area contributed by atoms with Crippen molar-refractivity contribution >= 4 is 28.4 Å². The molecular formula is C24H22N6O4. The Morgan fingerprint density at radius 1 is 1.21 bits per heavy atom. The Balaban J connectivity index is 1.34. The van der Waals surface area contributed by atoms with Crippen LogP contribution in [-0.4, -0.2) is 58.1 Å². The van der Waals surface area contributed by atoms with Crippen LogP contribution in [0.4, 0.5) is 5.69 Å². The highest BCUT2D eigenvalue weighted by Crippen LogP contribution is 2.36. The van der Waals surface area contributed by atoms with Gasteiger partial charge in [-0.3, -0.25) is 9.59 Å². The van der Waals surface area contributed by atoms with E-state index in [1.165, 1.54) is 18.3 Å². The zero-order chi connectivity index (χ0) is 23.7. The van der Waals surface area contributed by atoms with Gasteiger partial charge in [-0.25, -0.2) is 15.0 Å². The van der Waals surface area contributed by atoms with E-state index in [4.69, 9.17) is 9.47 Å². The van der Waals surface area contributed by atoms with Gasteiger partial charge in [0.05, 0.1) is 30.0 Å². The van der Waals surface area contributed by atoms with Gasteiger partial charge in [0, 0.05) is 25.9 Å². The van der Waals surface area contributed by atoms with Crippen LogP contribution in [0.2, 0.25) is 0 Å². The van der Waals surface area contributed by atoms with Crippen LogP contribution < -0.4 is 19.7 Å². The van der Waals surface area contributed by atoms with Crippen LogP contribution in [0.3, 0.4) is 0 Å². The lowest BCUT2D eigenvalue weighted by molar-refractivity contribution is -0.120. The van der Waals surface area contributed by atoms with Crippen molar-refractivity contribution in [2.75, 3.05) is 25.7 Å². The largest absolute Gasteiger partial charge is 0.489 e. The fourth-order valence-electron chi connectivity index (χ4n) is 3.88. The Hall–Kier alpha value is -4.47. The molecule has 10 heteroatoms. The first-order valence-electron chi connectivity index (χ1n) is 10.6. The van der Waals surface area contributed by atoms with Gasteiger partial charge >= 0.3 is 0 Å². The number of rotatable bonds is 5. The number of amides is 2. The number of fused-ring (bicyclic) bond motifs is 2. The highest BCUT2D eigenvalue weighted by Gasteiger charge is 2.32. The van der Waals surface area contributed by atoms with Crippen LogP contribution in [0.25, 0.3) is 10.9 Å². The number of likely N-dealkylation sites (N-methyl/N-ethyl adjacent to an activating group) is 1. The van der Waals surface area contributed by atoms with Crippen molar-refractivity contribution in [3.05, 3.63) is 72.6 Å². The number of nitrogens with one attached hydrogen (secondary N) is 1. The zero-order valence-corrected chi connectivity index (χ0v) is 18.6. The number of aromatic nitrogens is 4. The second-order valence-electron chi connectivity index (χ2n) is 7.87. The average molecular weight is 458 g/mol. The summed E-state index contributed by atoms with van der Waals surface area (Å²) in [5.41, 5.74) is 2.47. The van der Waals surface area contributed by atoms with E-state index >= 15 is 0 Å². The topological polar surface area (TPSA) is 111 Å². The van der Waals surface area contributed by atoms with E-state index in [1.807, 2.05) is 34.9 Å². The average Bonchev–Trinajstić information content (AvgIpc) is 3.29. The first-order chi connectivity index (χ1) is 16.5. The molecule has 0 saturated heterocycles. The van der Waals surface area contributed by atoms with Crippen molar-refractivity contribution in [2.45, 2.75) is 12.6 Å². The van der Waals surface area contributed by atoms with Gasteiger partial charge in [-0.05, 0) is 11.6 Å². The van der Waals surface area contributed by atoms with Crippen molar-refractivity contribution in [1.82, 2.24) is 24.8 Å². The molecule has 0 fully saturated rings. The van der Waals surface area contributed by atoms with E-state index in [1.54, 1.807) is 31.7 Å². The van der Waals surface area contributed by atoms with Crippen LogP contribution in [0.15, 0.2) is 61.3 Å². The lowest BCUT2D eigenvalue weighted by Crippen LogP contribution is -2.49. The lowest BCUT2D eigenvalue weighted by Gasteiger charge is -2.20. The van der Waals surface area contributed by atoms with E-state index in [9.17, 15) is 9.59 Å². The Morgan fingerprint density at radius 2 is 2.03 bits per heavy atom. The number of benzene rings is 2. The first kappa shape index (κ1) is 21.4. The minimum atomic E-state index is -0.889. The van der Waals surface area contributed by atoms with Crippen LogP contribution >= 0.6 is 0 Å². The minimum Gasteiger partial charge on any atom is -0.489 e. The molecule has 1 aliphatic rings. The predicted octanol–water partition coefficient (Wildman–Crippen LogP) is 2.04. The molecule has 34 heavy (non-hydrogen) atoms. The summed E-state index contributed by atoms with van der Waals surface area (Å²) in [5, 5.41) is 3.40. The van der Waals surface area contributed by atoms with Crippen molar-refractivity contribution in [3.8, 4) is 11.6 Å². The second-order valence-corrected chi connectivity index (χ2v) is 7.87. The number of carbonyl (C=O) groups is 2. The van der Waals surface area contributed by atoms with Gasteiger partial charge in [0.25, 0.3) is 11.8 Å². The molecule has 3 heterocycles. The number of hydrogen-bond donors (Lipinski definition) is 1. The summed E-state index contributed by atoms with van der Waals surface area (Å²) in [6.07, 6.45) is 4.65. The SMILES string of the molecule is COc1ncnc2cc3c(cc12)N(C)C(=O)C(NC(=O)c1cn(Cc2ccccc2)cn1)CO3. The smallest absolute Gasteiger partial charge is 0.272 e. The monoisotopic (exact) mass is 458 g/mol. The molecule has 1 unspecified atom stereocenters. The molecule has 0 bridgehead atoms. The molecule has 2 aromatic heterocycles. The summed E-state index contributed by atoms with van der Waals surface area (Å²) < 4.78 is 13.0. The Morgan fingerprint density at radius 3 is 2.82 bits per heavy atom. The molecule has 1 N–H and O–H groups in total. The minimum absolute atomic E-state index is 0.0274. The van der Waals surface area contributed by atoms with E-state index in [-0.39, 0.29) is 18.2 Å². The first-order valence-corrected chi connectivity index (χ1v) is 10.6. The van der Waals surface area contributed by atoms with Crippen molar-refractivity contribution in [2.24, 2.45) is 0 Å². The fraction of sp³-hybridized carbons (Fsp3) is 0.208. The van der Waals surface area contributed by atoms with E-state index in [0.29, 0.717) is 34.8 Å². The summed E-state index contributed by atoms with van der Waals surface area (Å²) >= 11 is 0. The van der Waals surface area contributed by atoms with Gasteiger partial charge in [0.15, 0.2) is 0 Å². The van der Waals surface area contributed by atoms with E-state index < -0.39 is 11.9 Å². The third kappa shape index (κ3) is 4.01. The zero-order valence-electron chi connectivity index (χ0n) is 18.6. The predicted molar refractivity (Wildman–Crippen MR) is 124 cm³/mol. The Kier molecular flexibility index (Phi) is 5.54. The summed E-state index contributed by atoms with van der Waals surface area (Å²) in [5.74, 6) is 0.110. The number of ether oxygens (including phenoxy) is 2. The van der Waals surface area contributed by atoms with Crippen molar-refractivity contribution in [3.63, 3.8) is 0 Å². The summed E-state index contributed by atoms with van der Waals surface area (Å²) in [4.78, 5) is 40.0. The molecule has 5 rings (SSSR count). The number of carbonyl (C=O) groups excluding carboxylic acids is 2. The summed E-state index contributed by atoms with van der Waals surface area (Å²) in [7, 11) is 3.15. The maximum atomic E-state index is 13.2. The van der Waals surface area contributed by atoms with E-state index in [0.717, 1.165) is 5.56 Å². The highest BCUT2D eigenvalue weighted by molar-refractivity contribution is 6.04. The molecular weight excluding hydrogens is 436 g/mol. The van der Waals surface area contributed by atoms with Crippen molar-refractivity contribution < 1.29 is 19.1 Å². The van der Waals surface area contributed by atoms with Gasteiger partial charge in [0.2, 0.25) is 5.88 Å². The molecule has 0 spiro atoms. The maximum absolute atomic E-state index is 13.2. The third-order valence-electron chi connectivity index (χ3n) is 5.65. The Bertz CT molecular complexity index is 1370. The van der Waals surface area contributed by atoms with Gasteiger partial charge in [-0.1, -0.05) is 30.3 Å². The quantitative estimate of drug-likeness (QED) is 0.487. The molecule has 4 aromatic rings. The standard InChI is InChI=1S/C24H22N6O4/c1-29-20-8-16-17(25-13-26-23(16)33-2)9-21(20)34-12-19(24(29)32)28-22(31)18-11-30(14-27-18)10-15-6-4-3-5-7-15/h3-9,11,13-14,19H,10,12H2,1-2H3,(H,28,31). The van der Waals surface area contributed by atoms with E-state index in [2.05, 4.69) is 20.3 Å². The summed E-state index contributed by atoms with van der Waals surface area (Å²) in [6, 6.07) is 12.4. The van der Waals surface area contributed by atoms with Gasteiger partial charge in [-0.15, -0.1) is 0 Å². The third-order valence-corrected chi connectivity index (χ3v) is 5.65. The van der Waals surface area contributed by atoms with Crippen LogP contribution in [0.1, 0.15) is 16.1 Å². The number of methoxy groups -OCH3 is 1. The van der Waals surface area contributed by atoms with Gasteiger partial charge < -0.3 is 24.3 Å². The van der Waals surface area contributed by atoms with Gasteiger partial charge in [0.1, 0.15) is 30.4 Å². The van der Waals surface area contributed by atoms with Crippen LogP contribution in [0, 0.1) is 0 Å². The number of anilines is 1. The second kappa shape index (κ2) is 8.81. The van der Waals surface area contributed by atoms with Crippen molar-refractivity contribution in [1.29, 1.82) is 0 Å². The molecule has 1 aliphatic heterocycles. The molecule has 2 amide bonds. The number of hydrogen-bond acceptors (Lipinski definition) is 7. The molecule has 2 aromatic carbocycles. The maximum Gasteiger partial charge on any atom is 0.272 e. The highest BCUT2D eigenvalue weighted by atomic mass is 16.5. The van der Waals surface area contributed by atoms with Gasteiger partial charge in [-0.2, -0.15) is 0 Å². The fourth-order valence-corrected chi connectivity index (χ4v) is 3.88.